The van der Waals surface area contributed by atoms with Crippen molar-refractivity contribution in [1.29, 1.82) is 0 Å². The van der Waals surface area contributed by atoms with Gasteiger partial charge in [-0.2, -0.15) is 0 Å². The number of hydrogen-bond donors (Lipinski definition) is 0. The molecule has 0 spiro atoms. The van der Waals surface area contributed by atoms with Crippen LogP contribution < -0.4 is 4.74 Å². The number of ether oxygens (including phenoxy) is 1. The Morgan fingerprint density at radius 2 is 2.11 bits per heavy atom. The predicted molar refractivity (Wildman–Crippen MR) is 75.6 cm³/mol. The molecule has 2 aliphatic rings. The monoisotopic (exact) mass is 264 g/mol. The predicted octanol–water partition coefficient (Wildman–Crippen LogP) is 4.96. The molecule has 1 aromatic carbocycles. The third-order valence-corrected chi connectivity index (χ3v) is 4.62. The molecule has 1 atom stereocenters. The fraction of sp³-hybridized carbons (Fsp3) is 0.625. The average molecular weight is 265 g/mol. The quantitative estimate of drug-likeness (QED) is 0.747. The molecule has 0 heterocycles. The highest BCUT2D eigenvalue weighted by Crippen LogP contribution is 2.42. The molecule has 1 saturated carbocycles. The molecule has 0 bridgehead atoms. The van der Waals surface area contributed by atoms with E-state index in [1.807, 2.05) is 6.07 Å². The maximum atomic E-state index is 6.33. The van der Waals surface area contributed by atoms with E-state index in [1.165, 1.54) is 43.2 Å². The van der Waals surface area contributed by atoms with Gasteiger partial charge in [0.2, 0.25) is 0 Å². The molecule has 1 fully saturated rings. The summed E-state index contributed by atoms with van der Waals surface area (Å²) in [5, 5.41) is 0.797. The maximum absolute atomic E-state index is 6.33. The van der Waals surface area contributed by atoms with Crippen LogP contribution in [0, 0.1) is 5.92 Å². The molecule has 0 amide bonds. The Morgan fingerprint density at radius 1 is 1.28 bits per heavy atom. The molecule has 3 rings (SSSR count). The normalized spacial score (nSPS) is 22.7. The van der Waals surface area contributed by atoms with Crippen molar-refractivity contribution in [2.75, 3.05) is 6.61 Å². The van der Waals surface area contributed by atoms with Crippen LogP contribution in [0.2, 0.25) is 5.02 Å². The average Bonchev–Trinajstić information content (AvgIpc) is 3.20. The summed E-state index contributed by atoms with van der Waals surface area (Å²) in [6.45, 7) is 3.13. The first kappa shape index (κ1) is 12.3. The van der Waals surface area contributed by atoms with Gasteiger partial charge in [-0.25, -0.2) is 0 Å². The van der Waals surface area contributed by atoms with Gasteiger partial charge in [-0.3, -0.25) is 0 Å². The fourth-order valence-electron chi connectivity index (χ4n) is 3.00. The highest BCUT2D eigenvalue weighted by molar-refractivity contribution is 6.32. The maximum Gasteiger partial charge on any atom is 0.141 e. The van der Waals surface area contributed by atoms with E-state index in [1.54, 1.807) is 0 Å². The molecule has 0 saturated heterocycles. The molecule has 18 heavy (non-hydrogen) atoms. The summed E-state index contributed by atoms with van der Waals surface area (Å²) in [7, 11) is 0. The van der Waals surface area contributed by atoms with E-state index >= 15 is 0 Å². The van der Waals surface area contributed by atoms with Crippen LogP contribution in [-0.2, 0) is 6.42 Å². The lowest BCUT2D eigenvalue weighted by Gasteiger charge is -2.27. The molecule has 98 valence electrons. The summed E-state index contributed by atoms with van der Waals surface area (Å²) >= 11 is 6.33. The van der Waals surface area contributed by atoms with Crippen LogP contribution in [-0.4, -0.2) is 6.61 Å². The summed E-state index contributed by atoms with van der Waals surface area (Å²) in [4.78, 5) is 0. The molecule has 2 heteroatoms. The molecule has 1 aromatic rings. The summed E-state index contributed by atoms with van der Waals surface area (Å²) in [5.74, 6) is 2.47. The van der Waals surface area contributed by atoms with Crippen LogP contribution in [0.5, 0.6) is 5.75 Å². The number of benzene rings is 1. The number of halogens is 1. The minimum Gasteiger partial charge on any atom is -0.491 e. The van der Waals surface area contributed by atoms with Gasteiger partial charge in [-0.15, -0.1) is 0 Å². The van der Waals surface area contributed by atoms with Crippen LogP contribution in [0.3, 0.4) is 0 Å². The van der Waals surface area contributed by atoms with E-state index in [2.05, 4.69) is 13.0 Å². The van der Waals surface area contributed by atoms with Crippen molar-refractivity contribution in [2.45, 2.75) is 51.4 Å². The van der Waals surface area contributed by atoms with Crippen LogP contribution in [0.15, 0.2) is 12.1 Å². The van der Waals surface area contributed by atoms with Gasteiger partial charge >= 0.3 is 0 Å². The van der Waals surface area contributed by atoms with Crippen molar-refractivity contribution in [3.05, 3.63) is 28.3 Å². The second kappa shape index (κ2) is 5.13. The van der Waals surface area contributed by atoms with Gasteiger partial charge in [-0.1, -0.05) is 24.6 Å². The summed E-state index contributed by atoms with van der Waals surface area (Å²) < 4.78 is 6.02. The first-order valence-corrected chi connectivity index (χ1v) is 7.61. The van der Waals surface area contributed by atoms with Gasteiger partial charge < -0.3 is 4.74 Å². The van der Waals surface area contributed by atoms with Gasteiger partial charge in [0.25, 0.3) is 0 Å². The Balaban J connectivity index is 1.90. The number of rotatable bonds is 4. The molecule has 0 aromatic heterocycles. The Bertz CT molecular complexity index is 437. The van der Waals surface area contributed by atoms with Crippen molar-refractivity contribution in [1.82, 2.24) is 0 Å². The van der Waals surface area contributed by atoms with E-state index in [0.717, 1.165) is 29.7 Å². The molecule has 0 aliphatic heterocycles. The topological polar surface area (TPSA) is 9.23 Å². The van der Waals surface area contributed by atoms with Crippen molar-refractivity contribution in [3.8, 4) is 5.75 Å². The highest BCUT2D eigenvalue weighted by Gasteiger charge is 2.26. The van der Waals surface area contributed by atoms with Crippen LogP contribution in [0.4, 0.5) is 0 Å². The zero-order valence-electron chi connectivity index (χ0n) is 11.0. The standard InChI is InChI=1S/C16H21ClO/c1-2-12-4-3-5-14-13(12)8-9-15(17)16(14)18-10-11-6-7-11/h8-9,11-12H,2-7,10H2,1H3/t12-/m1/s1. The van der Waals surface area contributed by atoms with Crippen molar-refractivity contribution in [3.63, 3.8) is 0 Å². The Hall–Kier alpha value is -0.690. The van der Waals surface area contributed by atoms with Crippen molar-refractivity contribution in [2.24, 2.45) is 5.92 Å². The van der Waals surface area contributed by atoms with Crippen LogP contribution in [0.1, 0.15) is 56.1 Å². The minimum atomic E-state index is 0.703. The summed E-state index contributed by atoms with van der Waals surface area (Å²) in [5.41, 5.74) is 2.88. The summed E-state index contributed by atoms with van der Waals surface area (Å²) in [6.07, 6.45) is 7.58. The van der Waals surface area contributed by atoms with Gasteiger partial charge in [0.15, 0.2) is 0 Å². The highest BCUT2D eigenvalue weighted by atomic mass is 35.5. The van der Waals surface area contributed by atoms with Gasteiger partial charge in [0.1, 0.15) is 5.75 Å². The lowest BCUT2D eigenvalue weighted by Crippen LogP contribution is -2.12. The second-order valence-corrected chi connectivity index (χ2v) is 6.10. The number of fused-ring (bicyclic) bond motifs is 1. The third kappa shape index (κ3) is 2.38. The molecule has 2 aliphatic carbocycles. The Labute approximate surface area is 114 Å². The van der Waals surface area contributed by atoms with E-state index in [0.29, 0.717) is 5.92 Å². The first-order valence-electron chi connectivity index (χ1n) is 7.23. The van der Waals surface area contributed by atoms with Crippen LogP contribution in [0.25, 0.3) is 0 Å². The van der Waals surface area contributed by atoms with Crippen molar-refractivity contribution >= 4 is 11.6 Å². The lowest BCUT2D eigenvalue weighted by atomic mass is 9.81. The van der Waals surface area contributed by atoms with Crippen molar-refractivity contribution < 1.29 is 4.74 Å². The first-order chi connectivity index (χ1) is 8.79. The summed E-state index contributed by atoms with van der Waals surface area (Å²) in [6, 6.07) is 4.24. The Kier molecular flexibility index (Phi) is 3.52. The van der Waals surface area contributed by atoms with Gasteiger partial charge in [0.05, 0.1) is 11.6 Å². The van der Waals surface area contributed by atoms with Gasteiger partial charge in [-0.05, 0) is 67.6 Å². The van der Waals surface area contributed by atoms with E-state index in [9.17, 15) is 0 Å². The van der Waals surface area contributed by atoms with E-state index in [4.69, 9.17) is 16.3 Å². The number of hydrogen-bond acceptors (Lipinski definition) is 1. The van der Waals surface area contributed by atoms with E-state index in [-0.39, 0.29) is 0 Å². The fourth-order valence-corrected chi connectivity index (χ4v) is 3.23. The Morgan fingerprint density at radius 3 is 2.83 bits per heavy atom. The van der Waals surface area contributed by atoms with Crippen LogP contribution >= 0.6 is 11.6 Å². The molecular formula is C16H21ClO. The molecule has 1 nitrogen and oxygen atoms in total. The largest absolute Gasteiger partial charge is 0.491 e. The smallest absolute Gasteiger partial charge is 0.141 e. The molecular weight excluding hydrogens is 244 g/mol. The molecule has 0 radical (unpaired) electrons. The zero-order chi connectivity index (χ0) is 12.5. The second-order valence-electron chi connectivity index (χ2n) is 5.70. The third-order valence-electron chi connectivity index (χ3n) is 4.32. The SMILES string of the molecule is CC[C@@H]1CCCc2c1ccc(Cl)c2OCC1CC1. The lowest BCUT2D eigenvalue weighted by molar-refractivity contribution is 0.294. The van der Waals surface area contributed by atoms with Gasteiger partial charge in [0, 0.05) is 0 Å². The van der Waals surface area contributed by atoms with E-state index < -0.39 is 0 Å². The molecule has 0 N–H and O–H groups in total. The minimum absolute atomic E-state index is 0.703. The molecule has 0 unspecified atom stereocenters. The zero-order valence-corrected chi connectivity index (χ0v) is 11.8.